The van der Waals surface area contributed by atoms with Gasteiger partial charge in [-0.1, -0.05) is 18.2 Å². The van der Waals surface area contributed by atoms with Crippen LogP contribution in [-0.4, -0.2) is 38.6 Å². The Labute approximate surface area is 127 Å². The standard InChI is InChI=1S/C17H25NO3/c1-5-14(12-17(19)18(2)3)10-11-21-13-15-6-8-16(20-4)9-7-15/h5-9,14H,1,10-13H2,2-4H3. The summed E-state index contributed by atoms with van der Waals surface area (Å²) in [7, 11) is 5.18. The molecule has 0 saturated carbocycles. The van der Waals surface area contributed by atoms with Gasteiger partial charge in [0.2, 0.25) is 5.91 Å². The van der Waals surface area contributed by atoms with Crippen molar-refractivity contribution in [1.82, 2.24) is 4.90 Å². The van der Waals surface area contributed by atoms with E-state index in [9.17, 15) is 4.79 Å². The van der Waals surface area contributed by atoms with Gasteiger partial charge in [-0.15, -0.1) is 6.58 Å². The highest BCUT2D eigenvalue weighted by molar-refractivity contribution is 5.75. The van der Waals surface area contributed by atoms with Crippen molar-refractivity contribution in [2.45, 2.75) is 19.4 Å². The number of hydrogen-bond acceptors (Lipinski definition) is 3. The third-order valence-electron chi connectivity index (χ3n) is 3.33. The van der Waals surface area contributed by atoms with Crippen molar-refractivity contribution in [2.24, 2.45) is 5.92 Å². The molecule has 1 aromatic carbocycles. The molecular weight excluding hydrogens is 266 g/mol. The minimum atomic E-state index is 0.120. The molecule has 0 heterocycles. The highest BCUT2D eigenvalue weighted by atomic mass is 16.5. The molecule has 0 spiro atoms. The summed E-state index contributed by atoms with van der Waals surface area (Å²) in [4.78, 5) is 13.3. The van der Waals surface area contributed by atoms with Crippen LogP contribution in [-0.2, 0) is 16.1 Å². The van der Waals surface area contributed by atoms with Gasteiger partial charge < -0.3 is 14.4 Å². The van der Waals surface area contributed by atoms with E-state index in [-0.39, 0.29) is 11.8 Å². The molecule has 4 nitrogen and oxygen atoms in total. The van der Waals surface area contributed by atoms with Crippen molar-refractivity contribution in [1.29, 1.82) is 0 Å². The highest BCUT2D eigenvalue weighted by Gasteiger charge is 2.12. The molecule has 0 aromatic heterocycles. The van der Waals surface area contributed by atoms with Crippen molar-refractivity contribution >= 4 is 5.91 Å². The molecule has 0 saturated heterocycles. The summed E-state index contributed by atoms with van der Waals surface area (Å²) in [6.45, 7) is 4.97. The number of benzene rings is 1. The Balaban J connectivity index is 2.28. The fourth-order valence-electron chi connectivity index (χ4n) is 1.86. The van der Waals surface area contributed by atoms with E-state index in [0.717, 1.165) is 17.7 Å². The molecule has 0 aliphatic rings. The number of methoxy groups -OCH3 is 1. The Morgan fingerprint density at radius 2 is 2.00 bits per heavy atom. The summed E-state index contributed by atoms with van der Waals surface area (Å²) in [5.74, 6) is 1.12. The van der Waals surface area contributed by atoms with Crippen LogP contribution in [0.2, 0.25) is 0 Å². The Kier molecular flexibility index (Phi) is 7.54. The van der Waals surface area contributed by atoms with Gasteiger partial charge in [-0.2, -0.15) is 0 Å². The second kappa shape index (κ2) is 9.19. The lowest BCUT2D eigenvalue weighted by atomic mass is 10.0. The van der Waals surface area contributed by atoms with Gasteiger partial charge in [-0.25, -0.2) is 0 Å². The third-order valence-corrected chi connectivity index (χ3v) is 3.33. The number of hydrogen-bond donors (Lipinski definition) is 0. The third kappa shape index (κ3) is 6.45. The monoisotopic (exact) mass is 291 g/mol. The Morgan fingerprint density at radius 1 is 1.33 bits per heavy atom. The fourth-order valence-corrected chi connectivity index (χ4v) is 1.86. The summed E-state index contributed by atoms with van der Waals surface area (Å²) in [5, 5.41) is 0. The Bertz CT molecular complexity index is 440. The molecule has 0 aliphatic heterocycles. The van der Waals surface area contributed by atoms with Gasteiger partial charge in [0.05, 0.1) is 13.7 Å². The van der Waals surface area contributed by atoms with E-state index in [4.69, 9.17) is 9.47 Å². The molecule has 0 bridgehead atoms. The van der Waals surface area contributed by atoms with Crippen LogP contribution < -0.4 is 4.74 Å². The quantitative estimate of drug-likeness (QED) is 0.519. The van der Waals surface area contributed by atoms with E-state index in [0.29, 0.717) is 19.6 Å². The number of allylic oxidation sites excluding steroid dienone is 1. The molecule has 1 aromatic rings. The largest absolute Gasteiger partial charge is 0.497 e. The lowest BCUT2D eigenvalue weighted by Gasteiger charge is -2.15. The molecule has 0 fully saturated rings. The molecule has 1 rings (SSSR count). The van der Waals surface area contributed by atoms with Crippen molar-refractivity contribution < 1.29 is 14.3 Å². The van der Waals surface area contributed by atoms with Crippen LogP contribution in [0.25, 0.3) is 0 Å². The number of amides is 1. The predicted molar refractivity (Wildman–Crippen MR) is 84.3 cm³/mol. The van der Waals surface area contributed by atoms with E-state index in [1.54, 1.807) is 26.1 Å². The van der Waals surface area contributed by atoms with Crippen molar-refractivity contribution in [2.75, 3.05) is 27.8 Å². The first kappa shape index (κ1) is 17.2. The lowest BCUT2D eigenvalue weighted by Crippen LogP contribution is -2.24. The van der Waals surface area contributed by atoms with Crippen LogP contribution in [0.5, 0.6) is 5.75 Å². The smallest absolute Gasteiger partial charge is 0.222 e. The molecule has 1 atom stereocenters. The molecule has 1 amide bonds. The number of carbonyl (C=O) groups excluding carboxylic acids is 1. The van der Waals surface area contributed by atoms with E-state index >= 15 is 0 Å². The van der Waals surface area contributed by atoms with Crippen molar-refractivity contribution in [3.8, 4) is 5.75 Å². The highest BCUT2D eigenvalue weighted by Crippen LogP contribution is 2.14. The van der Waals surface area contributed by atoms with E-state index in [1.165, 1.54) is 0 Å². The lowest BCUT2D eigenvalue weighted by molar-refractivity contribution is -0.129. The normalized spacial score (nSPS) is 11.8. The summed E-state index contributed by atoms with van der Waals surface area (Å²) >= 11 is 0. The second-order valence-electron chi connectivity index (χ2n) is 5.18. The Morgan fingerprint density at radius 3 is 2.52 bits per heavy atom. The van der Waals surface area contributed by atoms with E-state index < -0.39 is 0 Å². The molecule has 21 heavy (non-hydrogen) atoms. The average Bonchev–Trinajstić information content (AvgIpc) is 2.50. The summed E-state index contributed by atoms with van der Waals surface area (Å²) < 4.78 is 10.8. The molecule has 0 aliphatic carbocycles. The summed E-state index contributed by atoms with van der Waals surface area (Å²) in [6, 6.07) is 7.81. The van der Waals surface area contributed by atoms with Crippen LogP contribution in [0.15, 0.2) is 36.9 Å². The number of nitrogens with zero attached hydrogens (tertiary/aromatic N) is 1. The van der Waals surface area contributed by atoms with Crippen LogP contribution in [0.3, 0.4) is 0 Å². The number of carbonyl (C=O) groups is 1. The predicted octanol–water partition coefficient (Wildman–Crippen LogP) is 2.88. The summed E-state index contributed by atoms with van der Waals surface area (Å²) in [5.41, 5.74) is 1.11. The van der Waals surface area contributed by atoms with Crippen LogP contribution >= 0.6 is 0 Å². The molecule has 0 radical (unpaired) electrons. The maximum atomic E-state index is 11.7. The Hall–Kier alpha value is -1.81. The fraction of sp³-hybridized carbons (Fsp3) is 0.471. The van der Waals surface area contributed by atoms with Gasteiger partial charge in [-0.05, 0) is 30.0 Å². The number of rotatable bonds is 9. The minimum Gasteiger partial charge on any atom is -0.497 e. The minimum absolute atomic E-state index is 0.120. The van der Waals surface area contributed by atoms with Crippen molar-refractivity contribution in [3.63, 3.8) is 0 Å². The maximum absolute atomic E-state index is 11.7. The summed E-state index contributed by atoms with van der Waals surface area (Å²) in [6.07, 6.45) is 3.12. The SMILES string of the molecule is C=CC(CCOCc1ccc(OC)cc1)CC(=O)N(C)C. The van der Waals surface area contributed by atoms with Gasteiger partial charge in [0.15, 0.2) is 0 Å². The second-order valence-corrected chi connectivity index (χ2v) is 5.18. The molecular formula is C17H25NO3. The molecule has 0 N–H and O–H groups in total. The van der Waals surface area contributed by atoms with Gasteiger partial charge in [0, 0.05) is 27.1 Å². The van der Waals surface area contributed by atoms with Gasteiger partial charge >= 0.3 is 0 Å². The van der Waals surface area contributed by atoms with Crippen LogP contribution in [0, 0.1) is 5.92 Å². The molecule has 116 valence electrons. The first-order valence-corrected chi connectivity index (χ1v) is 7.10. The zero-order valence-corrected chi connectivity index (χ0v) is 13.2. The van der Waals surface area contributed by atoms with Crippen LogP contribution in [0.4, 0.5) is 0 Å². The van der Waals surface area contributed by atoms with Gasteiger partial charge in [0.1, 0.15) is 5.75 Å². The van der Waals surface area contributed by atoms with Crippen LogP contribution in [0.1, 0.15) is 18.4 Å². The molecule has 1 unspecified atom stereocenters. The average molecular weight is 291 g/mol. The first-order chi connectivity index (χ1) is 10.1. The topological polar surface area (TPSA) is 38.8 Å². The van der Waals surface area contributed by atoms with Gasteiger partial charge in [0.25, 0.3) is 0 Å². The van der Waals surface area contributed by atoms with Crippen molar-refractivity contribution in [3.05, 3.63) is 42.5 Å². The van der Waals surface area contributed by atoms with E-state index in [2.05, 4.69) is 6.58 Å². The zero-order valence-electron chi connectivity index (χ0n) is 13.2. The maximum Gasteiger partial charge on any atom is 0.222 e. The molecule has 4 heteroatoms. The van der Waals surface area contributed by atoms with Gasteiger partial charge in [-0.3, -0.25) is 4.79 Å². The van der Waals surface area contributed by atoms with E-state index in [1.807, 2.05) is 30.3 Å². The number of ether oxygens (including phenoxy) is 2. The first-order valence-electron chi connectivity index (χ1n) is 7.10. The zero-order chi connectivity index (χ0) is 15.7.